The van der Waals surface area contributed by atoms with Crippen LogP contribution in [-0.2, 0) is 24.9 Å². The van der Waals surface area contributed by atoms with E-state index in [1.807, 2.05) is 0 Å². The van der Waals surface area contributed by atoms with E-state index in [9.17, 15) is 4.79 Å². The summed E-state index contributed by atoms with van der Waals surface area (Å²) in [6, 6.07) is 0. The molecule has 0 aliphatic rings. The molecular formula is C7H11N9O. The van der Waals surface area contributed by atoms with Crippen LogP contribution in [0.4, 0.5) is 5.95 Å². The molecule has 0 saturated carbocycles. The highest BCUT2D eigenvalue weighted by Crippen LogP contribution is 1.95. The second-order valence-corrected chi connectivity index (χ2v) is 3.26. The van der Waals surface area contributed by atoms with Gasteiger partial charge in [-0.05, 0) is 5.21 Å². The molecule has 2 aromatic heterocycles. The summed E-state index contributed by atoms with van der Waals surface area (Å²) >= 11 is 0. The van der Waals surface area contributed by atoms with E-state index in [1.165, 1.54) is 9.48 Å². The zero-order valence-electron chi connectivity index (χ0n) is 9.11. The normalized spacial score (nSPS) is 10.5. The van der Waals surface area contributed by atoms with E-state index in [2.05, 4.69) is 31.0 Å². The lowest BCUT2D eigenvalue weighted by molar-refractivity contribution is -0.117. The first-order chi connectivity index (χ1) is 8.17. The Morgan fingerprint density at radius 3 is 2.88 bits per heavy atom. The number of tetrazole rings is 1. The fraction of sp³-hybridized carbons (Fsp3) is 0.429. The zero-order valence-corrected chi connectivity index (χ0v) is 9.11. The molecule has 10 heteroatoms. The molecule has 0 radical (unpaired) electrons. The van der Waals surface area contributed by atoms with Crippen molar-refractivity contribution in [3.8, 4) is 0 Å². The predicted molar refractivity (Wildman–Crippen MR) is 55.3 cm³/mol. The van der Waals surface area contributed by atoms with E-state index < -0.39 is 0 Å². The quantitative estimate of drug-likeness (QED) is 0.622. The number of carbonyl (C=O) groups excluding carboxylic acids is 1. The topological polar surface area (TPSA) is 129 Å². The maximum absolute atomic E-state index is 11.5. The van der Waals surface area contributed by atoms with Crippen LogP contribution in [0, 0.1) is 0 Å². The minimum absolute atomic E-state index is 0.0191. The average molecular weight is 237 g/mol. The summed E-state index contributed by atoms with van der Waals surface area (Å²) in [6.45, 7) is 0.304. The van der Waals surface area contributed by atoms with Crippen molar-refractivity contribution in [1.82, 2.24) is 35.2 Å². The van der Waals surface area contributed by atoms with E-state index in [-0.39, 0.29) is 24.9 Å². The summed E-state index contributed by atoms with van der Waals surface area (Å²) < 4.78 is 1.38. The molecule has 2 rings (SSSR count). The molecular weight excluding hydrogens is 226 g/mol. The highest BCUT2D eigenvalue weighted by molar-refractivity contribution is 5.88. The van der Waals surface area contributed by atoms with Crippen molar-refractivity contribution in [1.29, 1.82) is 0 Å². The van der Waals surface area contributed by atoms with Gasteiger partial charge in [-0.1, -0.05) is 10.3 Å². The van der Waals surface area contributed by atoms with Crippen LogP contribution in [-0.4, -0.2) is 41.1 Å². The van der Waals surface area contributed by atoms with Gasteiger partial charge in [-0.3, -0.25) is 10.1 Å². The van der Waals surface area contributed by atoms with Gasteiger partial charge < -0.3 is 5.73 Å². The molecule has 0 unspecified atom stereocenters. The molecule has 0 saturated heterocycles. The zero-order chi connectivity index (χ0) is 12.3. The fourth-order valence-corrected chi connectivity index (χ4v) is 1.15. The Labute approximate surface area is 95.8 Å². The van der Waals surface area contributed by atoms with Gasteiger partial charge in [-0.25, -0.2) is 4.68 Å². The lowest BCUT2D eigenvalue weighted by Crippen LogP contribution is -2.20. The molecule has 3 N–H and O–H groups in total. The fourth-order valence-electron chi connectivity index (χ4n) is 1.15. The summed E-state index contributed by atoms with van der Waals surface area (Å²) in [7, 11) is 1.60. The minimum atomic E-state index is -0.313. The van der Waals surface area contributed by atoms with E-state index in [1.54, 1.807) is 13.2 Å². The summed E-state index contributed by atoms with van der Waals surface area (Å²) in [6.07, 6.45) is 1.60. The smallest absolute Gasteiger partial charge is 0.270 e. The molecule has 0 spiro atoms. The van der Waals surface area contributed by atoms with E-state index in [0.29, 0.717) is 5.69 Å². The molecule has 0 aliphatic heterocycles. The lowest BCUT2D eigenvalue weighted by Gasteiger charge is -1.99. The van der Waals surface area contributed by atoms with Crippen molar-refractivity contribution in [2.24, 2.45) is 12.8 Å². The minimum Gasteiger partial charge on any atom is -0.325 e. The molecule has 0 fully saturated rings. The standard InChI is InChI=1S/C7H11N9O/c1-15-12-7(11-13-15)9-6(17)4-16-3-5(2-8)10-14-16/h3H,2,4,8H2,1H3,(H,9,12,17). The highest BCUT2D eigenvalue weighted by Gasteiger charge is 2.08. The third kappa shape index (κ3) is 2.81. The number of nitrogens with one attached hydrogen (secondary N) is 1. The molecule has 10 nitrogen and oxygen atoms in total. The Morgan fingerprint density at radius 2 is 2.29 bits per heavy atom. The van der Waals surface area contributed by atoms with Crippen LogP contribution in [0.2, 0.25) is 0 Å². The van der Waals surface area contributed by atoms with E-state index in [4.69, 9.17) is 5.73 Å². The maximum atomic E-state index is 11.5. The molecule has 0 bridgehead atoms. The first kappa shape index (κ1) is 11.1. The van der Waals surface area contributed by atoms with Gasteiger partial charge in [-0.2, -0.15) is 4.80 Å². The van der Waals surface area contributed by atoms with Crippen molar-refractivity contribution in [3.63, 3.8) is 0 Å². The summed E-state index contributed by atoms with van der Waals surface area (Å²) in [5.74, 6) is -0.164. The second-order valence-electron chi connectivity index (χ2n) is 3.26. The third-order valence-electron chi connectivity index (χ3n) is 1.86. The average Bonchev–Trinajstić information content (AvgIpc) is 2.88. The monoisotopic (exact) mass is 237 g/mol. The Morgan fingerprint density at radius 1 is 1.47 bits per heavy atom. The number of nitrogens with zero attached hydrogens (tertiary/aromatic N) is 7. The van der Waals surface area contributed by atoms with Gasteiger partial charge in [-0.15, -0.1) is 10.2 Å². The molecule has 1 amide bonds. The van der Waals surface area contributed by atoms with Gasteiger partial charge in [0, 0.05) is 6.54 Å². The van der Waals surface area contributed by atoms with Crippen molar-refractivity contribution in [2.45, 2.75) is 13.1 Å². The predicted octanol–water partition coefficient (Wildman–Crippen LogP) is -2.10. The van der Waals surface area contributed by atoms with Crippen molar-refractivity contribution in [2.75, 3.05) is 5.32 Å². The summed E-state index contributed by atoms with van der Waals surface area (Å²) in [5, 5.41) is 21.0. The van der Waals surface area contributed by atoms with Crippen molar-refractivity contribution >= 4 is 11.9 Å². The highest BCUT2D eigenvalue weighted by atomic mass is 16.2. The SMILES string of the molecule is Cn1nnc(NC(=O)Cn2cc(CN)nn2)n1. The number of amides is 1. The summed E-state index contributed by atoms with van der Waals surface area (Å²) in [4.78, 5) is 12.8. The lowest BCUT2D eigenvalue weighted by atomic mass is 10.5. The van der Waals surface area contributed by atoms with Crippen LogP contribution in [0.15, 0.2) is 6.20 Å². The molecule has 0 aromatic carbocycles. The number of nitrogens with two attached hydrogens (primary N) is 1. The van der Waals surface area contributed by atoms with Gasteiger partial charge in [0.15, 0.2) is 0 Å². The number of hydrogen-bond donors (Lipinski definition) is 2. The van der Waals surface area contributed by atoms with Gasteiger partial charge in [0.05, 0.1) is 18.9 Å². The van der Waals surface area contributed by atoms with Crippen LogP contribution in [0.25, 0.3) is 0 Å². The molecule has 0 atom stereocenters. The third-order valence-corrected chi connectivity index (χ3v) is 1.86. The number of hydrogen-bond acceptors (Lipinski definition) is 7. The van der Waals surface area contributed by atoms with Crippen LogP contribution in [0.3, 0.4) is 0 Å². The first-order valence-corrected chi connectivity index (χ1v) is 4.80. The Kier molecular flexibility index (Phi) is 3.05. The largest absolute Gasteiger partial charge is 0.325 e. The van der Waals surface area contributed by atoms with Gasteiger partial charge >= 0.3 is 0 Å². The number of carbonyl (C=O) groups is 1. The second kappa shape index (κ2) is 4.65. The van der Waals surface area contributed by atoms with E-state index >= 15 is 0 Å². The van der Waals surface area contributed by atoms with Crippen molar-refractivity contribution < 1.29 is 4.79 Å². The van der Waals surface area contributed by atoms with Gasteiger partial charge in [0.2, 0.25) is 5.91 Å². The van der Waals surface area contributed by atoms with Crippen molar-refractivity contribution in [3.05, 3.63) is 11.9 Å². The van der Waals surface area contributed by atoms with Crippen LogP contribution >= 0.6 is 0 Å². The number of aryl methyl sites for hydroxylation is 1. The summed E-state index contributed by atoms with van der Waals surface area (Å²) in [5.41, 5.74) is 5.99. The van der Waals surface area contributed by atoms with Gasteiger partial charge in [0.1, 0.15) is 6.54 Å². The van der Waals surface area contributed by atoms with E-state index in [0.717, 1.165) is 0 Å². The Hall–Kier alpha value is -2.36. The molecule has 2 aromatic rings. The van der Waals surface area contributed by atoms with Crippen LogP contribution in [0.5, 0.6) is 0 Å². The first-order valence-electron chi connectivity index (χ1n) is 4.80. The molecule has 17 heavy (non-hydrogen) atoms. The number of anilines is 1. The Balaban J connectivity index is 1.93. The van der Waals surface area contributed by atoms with Crippen LogP contribution < -0.4 is 11.1 Å². The Bertz CT molecular complexity index is 515. The van der Waals surface area contributed by atoms with Gasteiger partial charge in [0.25, 0.3) is 5.95 Å². The molecule has 2 heterocycles. The number of aromatic nitrogens is 7. The molecule has 90 valence electrons. The number of rotatable bonds is 4. The maximum Gasteiger partial charge on any atom is 0.270 e. The molecule has 0 aliphatic carbocycles. The van der Waals surface area contributed by atoms with Crippen LogP contribution in [0.1, 0.15) is 5.69 Å².